The Morgan fingerprint density at radius 3 is 2.73 bits per heavy atom. The van der Waals surface area contributed by atoms with Crippen LogP contribution in [-0.4, -0.2) is 0 Å². The predicted octanol–water partition coefficient (Wildman–Crippen LogP) is 3.31. The zero-order valence-electron chi connectivity index (χ0n) is 7.54. The number of rotatable bonds is 3. The minimum absolute atomic E-state index is 0.156. The first-order valence-corrected chi connectivity index (χ1v) is 6.26. The summed E-state index contributed by atoms with van der Waals surface area (Å²) in [7, 11) is 0. The molecule has 0 aromatic carbocycles. The number of hydrazine groups is 1. The second-order valence-electron chi connectivity index (χ2n) is 2.92. The number of nitrogens with two attached hydrogens (primary N) is 1. The number of thiophene rings is 1. The maximum absolute atomic E-state index is 5.91. The van der Waals surface area contributed by atoms with Gasteiger partial charge in [0.2, 0.25) is 0 Å². The molecule has 0 saturated carbocycles. The van der Waals surface area contributed by atoms with Gasteiger partial charge in [0.05, 0.1) is 12.3 Å². The van der Waals surface area contributed by atoms with Crippen LogP contribution in [0.25, 0.3) is 0 Å². The molecule has 6 heteroatoms. The van der Waals surface area contributed by atoms with Crippen LogP contribution in [0.3, 0.4) is 0 Å². The van der Waals surface area contributed by atoms with Gasteiger partial charge in [-0.1, -0.05) is 0 Å². The van der Waals surface area contributed by atoms with Gasteiger partial charge in [-0.15, -0.1) is 0 Å². The molecule has 3 nitrogen and oxygen atoms in total. The molecule has 0 aliphatic heterocycles. The Balaban J connectivity index is 2.41. The monoisotopic (exact) mass is 306 g/mol. The average molecular weight is 308 g/mol. The highest BCUT2D eigenvalue weighted by Crippen LogP contribution is 2.34. The third-order valence-electron chi connectivity index (χ3n) is 2.08. The molecule has 1 unspecified atom stereocenters. The fourth-order valence-electron chi connectivity index (χ4n) is 1.35. The Labute approximate surface area is 104 Å². The van der Waals surface area contributed by atoms with E-state index in [0.717, 1.165) is 15.6 Å². The van der Waals surface area contributed by atoms with Crippen LogP contribution in [0.15, 0.2) is 32.0 Å². The van der Waals surface area contributed by atoms with Crippen molar-refractivity contribution in [3.8, 4) is 0 Å². The van der Waals surface area contributed by atoms with Gasteiger partial charge < -0.3 is 4.42 Å². The van der Waals surface area contributed by atoms with E-state index in [-0.39, 0.29) is 6.04 Å². The van der Waals surface area contributed by atoms with Crippen LogP contribution in [0.1, 0.15) is 17.2 Å². The normalized spacial score (nSPS) is 13.0. The lowest BCUT2D eigenvalue weighted by Crippen LogP contribution is -2.28. The summed E-state index contributed by atoms with van der Waals surface area (Å²) in [4.78, 5) is 0. The fraction of sp³-hybridized carbons (Fsp3) is 0.111. The van der Waals surface area contributed by atoms with E-state index in [4.69, 9.17) is 21.9 Å². The molecule has 2 heterocycles. The first-order chi connectivity index (χ1) is 7.24. The number of hydrogen-bond acceptors (Lipinski definition) is 4. The van der Waals surface area contributed by atoms with Gasteiger partial charge in [0.15, 0.2) is 5.22 Å². The summed E-state index contributed by atoms with van der Waals surface area (Å²) in [5.41, 5.74) is 4.60. The maximum atomic E-state index is 5.91. The summed E-state index contributed by atoms with van der Waals surface area (Å²) < 4.78 is 6.05. The lowest BCUT2D eigenvalue weighted by molar-refractivity contribution is 0.555. The molecular formula is C9H8BrClN2OS. The minimum Gasteiger partial charge on any atom is -0.453 e. The van der Waals surface area contributed by atoms with Crippen molar-refractivity contribution in [3.05, 3.63) is 43.9 Å². The Morgan fingerprint density at radius 2 is 2.27 bits per heavy atom. The number of halogens is 2. The molecule has 0 radical (unpaired) electrons. The van der Waals surface area contributed by atoms with Crippen molar-refractivity contribution in [2.75, 3.05) is 0 Å². The summed E-state index contributed by atoms with van der Waals surface area (Å²) in [6, 6.07) is 1.65. The fourth-order valence-corrected chi connectivity index (χ4v) is 3.13. The first kappa shape index (κ1) is 11.2. The summed E-state index contributed by atoms with van der Waals surface area (Å²) in [5.74, 6) is 5.53. The SMILES string of the molecule is NNC(c1cscc1Br)c1ccoc1Cl. The van der Waals surface area contributed by atoms with Gasteiger partial charge in [-0.05, 0) is 44.5 Å². The molecule has 0 saturated heterocycles. The Bertz CT molecular complexity index is 416. The lowest BCUT2D eigenvalue weighted by Gasteiger charge is -2.13. The standard InChI is InChI=1S/C9H8BrClN2OS/c10-7-4-15-3-6(7)8(13-12)5-1-2-14-9(5)11/h1-4,8,13H,12H2. The molecule has 0 spiro atoms. The van der Waals surface area contributed by atoms with Gasteiger partial charge >= 0.3 is 0 Å². The van der Waals surface area contributed by atoms with Crippen LogP contribution in [0.4, 0.5) is 0 Å². The van der Waals surface area contributed by atoms with Gasteiger partial charge in [-0.25, -0.2) is 5.43 Å². The molecule has 0 bridgehead atoms. The van der Waals surface area contributed by atoms with Crippen molar-refractivity contribution in [1.82, 2.24) is 5.43 Å². The molecule has 0 aliphatic carbocycles. The van der Waals surface area contributed by atoms with Gasteiger partial charge in [0, 0.05) is 15.4 Å². The molecule has 2 aromatic rings. The smallest absolute Gasteiger partial charge is 0.198 e. The number of nitrogens with one attached hydrogen (secondary N) is 1. The molecule has 3 N–H and O–H groups in total. The third kappa shape index (κ3) is 2.11. The van der Waals surface area contributed by atoms with Crippen LogP contribution in [0, 0.1) is 0 Å². The molecule has 0 fully saturated rings. The summed E-state index contributed by atoms with van der Waals surface area (Å²) >= 11 is 11.0. The second-order valence-corrected chi connectivity index (χ2v) is 4.87. The highest BCUT2D eigenvalue weighted by molar-refractivity contribution is 9.10. The molecule has 80 valence electrons. The van der Waals surface area contributed by atoms with Crippen LogP contribution >= 0.6 is 38.9 Å². The predicted molar refractivity (Wildman–Crippen MR) is 64.9 cm³/mol. The van der Waals surface area contributed by atoms with Gasteiger partial charge in [0.1, 0.15) is 0 Å². The van der Waals surface area contributed by atoms with Crippen molar-refractivity contribution in [3.63, 3.8) is 0 Å². The van der Waals surface area contributed by atoms with E-state index in [1.807, 2.05) is 10.8 Å². The summed E-state index contributed by atoms with van der Waals surface area (Å²) in [6.07, 6.45) is 1.54. The van der Waals surface area contributed by atoms with Gasteiger partial charge in [-0.2, -0.15) is 11.3 Å². The molecule has 0 aliphatic rings. The highest BCUT2D eigenvalue weighted by atomic mass is 79.9. The Morgan fingerprint density at radius 1 is 1.47 bits per heavy atom. The molecule has 2 rings (SSSR count). The van der Waals surface area contributed by atoms with Crippen LogP contribution < -0.4 is 11.3 Å². The van der Waals surface area contributed by atoms with Gasteiger partial charge in [0.25, 0.3) is 0 Å². The van der Waals surface area contributed by atoms with Crippen LogP contribution in [-0.2, 0) is 0 Å². The number of furan rings is 1. The van der Waals surface area contributed by atoms with E-state index in [2.05, 4.69) is 21.4 Å². The second kappa shape index (κ2) is 4.67. The average Bonchev–Trinajstić information content (AvgIpc) is 2.80. The van der Waals surface area contributed by atoms with E-state index >= 15 is 0 Å². The lowest BCUT2D eigenvalue weighted by atomic mass is 10.1. The van der Waals surface area contributed by atoms with E-state index in [9.17, 15) is 0 Å². The van der Waals surface area contributed by atoms with E-state index < -0.39 is 0 Å². The Hall–Kier alpha value is -0.330. The molecule has 15 heavy (non-hydrogen) atoms. The van der Waals surface area contributed by atoms with E-state index in [1.165, 1.54) is 0 Å². The van der Waals surface area contributed by atoms with Crippen LogP contribution in [0.2, 0.25) is 5.22 Å². The van der Waals surface area contributed by atoms with Crippen molar-refractivity contribution >= 4 is 38.9 Å². The number of hydrogen-bond donors (Lipinski definition) is 2. The molecular weight excluding hydrogens is 300 g/mol. The van der Waals surface area contributed by atoms with Crippen molar-refractivity contribution in [2.45, 2.75) is 6.04 Å². The van der Waals surface area contributed by atoms with Crippen molar-refractivity contribution < 1.29 is 4.42 Å². The highest BCUT2D eigenvalue weighted by Gasteiger charge is 2.20. The first-order valence-electron chi connectivity index (χ1n) is 4.14. The van der Waals surface area contributed by atoms with E-state index in [0.29, 0.717) is 5.22 Å². The third-order valence-corrected chi connectivity index (χ3v) is 4.14. The maximum Gasteiger partial charge on any atom is 0.198 e. The topological polar surface area (TPSA) is 51.2 Å². The van der Waals surface area contributed by atoms with Gasteiger partial charge in [-0.3, -0.25) is 5.84 Å². The molecule has 0 amide bonds. The Kier molecular flexibility index (Phi) is 3.48. The largest absolute Gasteiger partial charge is 0.453 e. The molecule has 1 atom stereocenters. The van der Waals surface area contributed by atoms with Crippen molar-refractivity contribution in [2.24, 2.45) is 5.84 Å². The molecule has 2 aromatic heterocycles. The van der Waals surface area contributed by atoms with E-state index in [1.54, 1.807) is 23.7 Å². The zero-order valence-corrected chi connectivity index (χ0v) is 10.7. The summed E-state index contributed by atoms with van der Waals surface area (Å²) in [5, 5.41) is 4.36. The summed E-state index contributed by atoms with van der Waals surface area (Å²) in [6.45, 7) is 0. The minimum atomic E-state index is -0.156. The van der Waals surface area contributed by atoms with Crippen LogP contribution in [0.5, 0.6) is 0 Å². The van der Waals surface area contributed by atoms with Crippen molar-refractivity contribution in [1.29, 1.82) is 0 Å². The zero-order chi connectivity index (χ0) is 10.8. The quantitative estimate of drug-likeness (QED) is 0.675.